The normalized spacial score (nSPS) is 19.6. The van der Waals surface area contributed by atoms with Gasteiger partial charge in [0, 0.05) is 51.8 Å². The first-order valence-corrected chi connectivity index (χ1v) is 11.1. The summed E-state index contributed by atoms with van der Waals surface area (Å²) >= 11 is 0. The molecule has 2 aromatic carbocycles. The van der Waals surface area contributed by atoms with Crippen LogP contribution in [0.15, 0.2) is 48.5 Å². The smallest absolute Gasteiger partial charge is 0.254 e. The van der Waals surface area contributed by atoms with Crippen LogP contribution in [0.5, 0.6) is 5.75 Å². The number of benzene rings is 2. The number of nitrogens with zero attached hydrogens (tertiary/aromatic N) is 3. The Bertz CT molecular complexity index is 940. The first-order valence-electron chi connectivity index (χ1n) is 11.1. The van der Waals surface area contributed by atoms with Crippen LogP contribution in [0.3, 0.4) is 0 Å². The highest BCUT2D eigenvalue weighted by atomic mass is 16.5. The van der Waals surface area contributed by atoms with Gasteiger partial charge in [0.05, 0.1) is 26.4 Å². The first-order chi connectivity index (χ1) is 15.6. The summed E-state index contributed by atoms with van der Waals surface area (Å²) in [4.78, 5) is 31.9. The van der Waals surface area contributed by atoms with E-state index in [1.807, 2.05) is 58.3 Å². The number of rotatable bonds is 5. The van der Waals surface area contributed by atoms with Gasteiger partial charge in [0.15, 0.2) is 0 Å². The number of methoxy groups -OCH3 is 1. The maximum Gasteiger partial charge on any atom is 0.254 e. The third kappa shape index (κ3) is 4.95. The molecular formula is C25H31N3O4. The molecule has 170 valence electrons. The van der Waals surface area contributed by atoms with Crippen molar-refractivity contribution in [3.05, 3.63) is 65.2 Å². The Labute approximate surface area is 189 Å². The third-order valence-corrected chi connectivity index (χ3v) is 6.32. The highest BCUT2D eigenvalue weighted by molar-refractivity contribution is 5.96. The predicted octanol–water partition coefficient (Wildman–Crippen LogP) is 2.57. The Kier molecular flexibility index (Phi) is 7.07. The Hall–Kier alpha value is -2.90. The van der Waals surface area contributed by atoms with Crippen molar-refractivity contribution in [2.75, 3.05) is 53.0 Å². The molecule has 0 bridgehead atoms. The van der Waals surface area contributed by atoms with E-state index in [2.05, 4.69) is 4.90 Å². The molecule has 2 amide bonds. The van der Waals surface area contributed by atoms with Gasteiger partial charge in [0.25, 0.3) is 5.91 Å². The van der Waals surface area contributed by atoms with E-state index in [9.17, 15) is 9.59 Å². The highest BCUT2D eigenvalue weighted by Crippen LogP contribution is 2.28. The fourth-order valence-electron chi connectivity index (χ4n) is 4.49. The van der Waals surface area contributed by atoms with Crippen LogP contribution in [-0.4, -0.2) is 79.6 Å². The van der Waals surface area contributed by atoms with E-state index in [0.29, 0.717) is 19.6 Å². The Morgan fingerprint density at radius 2 is 1.72 bits per heavy atom. The van der Waals surface area contributed by atoms with Crippen LogP contribution < -0.4 is 4.74 Å². The van der Waals surface area contributed by atoms with E-state index >= 15 is 0 Å². The molecule has 0 aromatic heterocycles. The van der Waals surface area contributed by atoms with Gasteiger partial charge in [-0.2, -0.15) is 0 Å². The minimum atomic E-state index is -0.178. The molecule has 2 saturated heterocycles. The average molecular weight is 438 g/mol. The number of morpholine rings is 1. The number of hydrogen-bond donors (Lipinski definition) is 0. The van der Waals surface area contributed by atoms with Crippen LogP contribution in [0.1, 0.15) is 34.5 Å². The SMILES string of the molecule is COc1ccc([C@H]2CN(C(=O)c3ccccc3CN3CCOCC3)CCN2C(C)=O)cc1. The van der Waals surface area contributed by atoms with E-state index in [4.69, 9.17) is 9.47 Å². The van der Waals surface area contributed by atoms with E-state index in [1.165, 1.54) is 0 Å². The Balaban J connectivity index is 1.54. The molecule has 1 atom stereocenters. The third-order valence-electron chi connectivity index (χ3n) is 6.32. The summed E-state index contributed by atoms with van der Waals surface area (Å²) in [6.45, 7) is 7.04. The summed E-state index contributed by atoms with van der Waals surface area (Å²) in [6.07, 6.45) is 0. The monoisotopic (exact) mass is 437 g/mol. The van der Waals surface area contributed by atoms with Gasteiger partial charge in [-0.25, -0.2) is 0 Å². The van der Waals surface area contributed by atoms with Crippen molar-refractivity contribution in [1.82, 2.24) is 14.7 Å². The minimum absolute atomic E-state index is 0.0191. The zero-order chi connectivity index (χ0) is 22.5. The fraction of sp³-hybridized carbons (Fsp3) is 0.440. The molecule has 2 aromatic rings. The molecule has 32 heavy (non-hydrogen) atoms. The molecule has 0 N–H and O–H groups in total. The van der Waals surface area contributed by atoms with Crippen LogP contribution in [0.4, 0.5) is 0 Å². The van der Waals surface area contributed by atoms with Crippen molar-refractivity contribution in [2.24, 2.45) is 0 Å². The second-order valence-electron chi connectivity index (χ2n) is 8.30. The van der Waals surface area contributed by atoms with Gasteiger partial charge in [-0.3, -0.25) is 14.5 Å². The molecule has 2 fully saturated rings. The Morgan fingerprint density at radius 1 is 1.00 bits per heavy atom. The van der Waals surface area contributed by atoms with Crippen LogP contribution in [0.2, 0.25) is 0 Å². The molecule has 0 aliphatic carbocycles. The van der Waals surface area contributed by atoms with Crippen molar-refractivity contribution in [3.63, 3.8) is 0 Å². The molecule has 2 aliphatic heterocycles. The number of carbonyl (C=O) groups excluding carboxylic acids is 2. The summed E-state index contributed by atoms with van der Waals surface area (Å²) in [6, 6.07) is 15.4. The van der Waals surface area contributed by atoms with E-state index in [0.717, 1.165) is 55.3 Å². The maximum atomic E-state index is 13.6. The van der Waals surface area contributed by atoms with Gasteiger partial charge in [-0.15, -0.1) is 0 Å². The number of hydrogen-bond acceptors (Lipinski definition) is 5. The quantitative estimate of drug-likeness (QED) is 0.720. The van der Waals surface area contributed by atoms with Gasteiger partial charge in [0.1, 0.15) is 5.75 Å². The molecule has 0 radical (unpaired) electrons. The first kappa shape index (κ1) is 22.3. The molecule has 0 spiro atoms. The maximum absolute atomic E-state index is 13.6. The fourth-order valence-corrected chi connectivity index (χ4v) is 4.49. The van der Waals surface area contributed by atoms with Gasteiger partial charge < -0.3 is 19.3 Å². The van der Waals surface area contributed by atoms with Gasteiger partial charge in [0.2, 0.25) is 5.91 Å². The van der Waals surface area contributed by atoms with Crippen molar-refractivity contribution in [3.8, 4) is 5.75 Å². The molecule has 2 heterocycles. The lowest BCUT2D eigenvalue weighted by atomic mass is 10.00. The molecule has 2 aliphatic rings. The highest BCUT2D eigenvalue weighted by Gasteiger charge is 2.33. The molecular weight excluding hydrogens is 406 g/mol. The molecule has 4 rings (SSSR count). The predicted molar refractivity (Wildman–Crippen MR) is 122 cm³/mol. The van der Waals surface area contributed by atoms with Gasteiger partial charge in [-0.05, 0) is 29.3 Å². The van der Waals surface area contributed by atoms with E-state index < -0.39 is 0 Å². The lowest BCUT2D eigenvalue weighted by Crippen LogP contribution is -2.52. The number of ether oxygens (including phenoxy) is 2. The molecule has 0 unspecified atom stereocenters. The van der Waals surface area contributed by atoms with Crippen LogP contribution >= 0.6 is 0 Å². The molecule has 0 saturated carbocycles. The number of carbonyl (C=O) groups is 2. The van der Waals surface area contributed by atoms with Crippen LogP contribution in [0.25, 0.3) is 0 Å². The largest absolute Gasteiger partial charge is 0.497 e. The molecule has 7 nitrogen and oxygen atoms in total. The molecule has 7 heteroatoms. The lowest BCUT2D eigenvalue weighted by Gasteiger charge is -2.41. The zero-order valence-electron chi connectivity index (χ0n) is 18.8. The summed E-state index contributed by atoms with van der Waals surface area (Å²) in [5.74, 6) is 0.810. The van der Waals surface area contributed by atoms with Crippen molar-refractivity contribution in [1.29, 1.82) is 0 Å². The second kappa shape index (κ2) is 10.1. The summed E-state index contributed by atoms with van der Waals surface area (Å²) < 4.78 is 10.7. The number of piperazine rings is 1. The minimum Gasteiger partial charge on any atom is -0.497 e. The van der Waals surface area contributed by atoms with E-state index in [-0.39, 0.29) is 17.9 Å². The second-order valence-corrected chi connectivity index (χ2v) is 8.30. The Morgan fingerprint density at radius 3 is 2.41 bits per heavy atom. The number of amides is 2. The summed E-state index contributed by atoms with van der Waals surface area (Å²) in [7, 11) is 1.63. The van der Waals surface area contributed by atoms with E-state index in [1.54, 1.807) is 14.0 Å². The van der Waals surface area contributed by atoms with Crippen molar-refractivity contribution < 1.29 is 19.1 Å². The average Bonchev–Trinajstić information content (AvgIpc) is 2.84. The zero-order valence-corrected chi connectivity index (χ0v) is 18.8. The summed E-state index contributed by atoms with van der Waals surface area (Å²) in [5.41, 5.74) is 2.78. The standard InChI is InChI=1S/C25H31N3O4/c1-19(29)28-12-11-27(18-24(28)20-7-9-22(31-2)10-8-20)25(30)23-6-4-3-5-21(23)17-26-13-15-32-16-14-26/h3-10,24H,11-18H2,1-2H3/t24-/m1/s1. The van der Waals surface area contributed by atoms with Crippen LogP contribution in [0, 0.1) is 0 Å². The summed E-state index contributed by atoms with van der Waals surface area (Å²) in [5, 5.41) is 0. The van der Waals surface area contributed by atoms with Gasteiger partial charge in [-0.1, -0.05) is 30.3 Å². The van der Waals surface area contributed by atoms with Crippen LogP contribution in [-0.2, 0) is 16.1 Å². The van der Waals surface area contributed by atoms with Gasteiger partial charge >= 0.3 is 0 Å². The lowest BCUT2D eigenvalue weighted by molar-refractivity contribution is -0.133. The topological polar surface area (TPSA) is 62.3 Å². The van der Waals surface area contributed by atoms with Crippen molar-refractivity contribution >= 4 is 11.8 Å². The van der Waals surface area contributed by atoms with Crippen molar-refractivity contribution in [2.45, 2.75) is 19.5 Å².